The summed E-state index contributed by atoms with van der Waals surface area (Å²) in [7, 11) is 0. The highest BCUT2D eigenvalue weighted by Gasteiger charge is 2.62. The van der Waals surface area contributed by atoms with Gasteiger partial charge in [-0.1, -0.05) is 40.5 Å². The van der Waals surface area contributed by atoms with E-state index in [1.807, 2.05) is 13.8 Å². The Morgan fingerprint density at radius 2 is 1.75 bits per heavy atom. The van der Waals surface area contributed by atoms with Crippen LogP contribution in [-0.2, 0) is 9.59 Å². The van der Waals surface area contributed by atoms with Crippen molar-refractivity contribution in [1.82, 2.24) is 5.32 Å². The van der Waals surface area contributed by atoms with Crippen LogP contribution in [0.25, 0.3) is 0 Å². The molecule has 4 aliphatic carbocycles. The van der Waals surface area contributed by atoms with Gasteiger partial charge < -0.3 is 15.5 Å². The molecule has 0 bridgehead atoms. The van der Waals surface area contributed by atoms with E-state index in [0.717, 1.165) is 31.1 Å². The van der Waals surface area contributed by atoms with Crippen LogP contribution in [0.3, 0.4) is 0 Å². The van der Waals surface area contributed by atoms with E-state index < -0.39 is 5.97 Å². The number of hydrogen-bond donors (Lipinski definition) is 3. The van der Waals surface area contributed by atoms with Crippen molar-refractivity contribution in [1.29, 1.82) is 0 Å². The zero-order valence-electron chi connectivity index (χ0n) is 20.9. The third-order valence-electron chi connectivity index (χ3n) is 10.3. The van der Waals surface area contributed by atoms with Gasteiger partial charge in [-0.25, -0.2) is 0 Å². The summed E-state index contributed by atoms with van der Waals surface area (Å²) in [4.78, 5) is 22.5. The smallest absolute Gasteiger partial charge is 0.322 e. The van der Waals surface area contributed by atoms with Crippen molar-refractivity contribution in [2.75, 3.05) is 6.54 Å². The highest BCUT2D eigenvalue weighted by Crippen LogP contribution is 2.67. The van der Waals surface area contributed by atoms with Gasteiger partial charge in [-0.15, -0.1) is 0 Å². The minimum atomic E-state index is -1.00. The van der Waals surface area contributed by atoms with Crippen LogP contribution in [0.4, 0.5) is 0 Å². The number of nitrogens with one attached hydrogen (secondary N) is 1. The fourth-order valence-corrected chi connectivity index (χ4v) is 8.62. The summed E-state index contributed by atoms with van der Waals surface area (Å²) in [5.41, 5.74) is 0.417. The third-order valence-corrected chi connectivity index (χ3v) is 10.3. The molecule has 0 spiro atoms. The zero-order chi connectivity index (χ0) is 23.5. The highest BCUT2D eigenvalue weighted by atomic mass is 16.4. The van der Waals surface area contributed by atoms with Gasteiger partial charge in [0.2, 0.25) is 5.91 Å². The van der Waals surface area contributed by atoms with Crippen molar-refractivity contribution in [3.8, 4) is 0 Å². The fourth-order valence-electron chi connectivity index (χ4n) is 8.62. The Morgan fingerprint density at radius 1 is 1.00 bits per heavy atom. The number of carboxylic acids is 1. The monoisotopic (exact) mass is 449 g/mol. The molecular weight excluding hydrogens is 402 g/mol. The van der Waals surface area contributed by atoms with Gasteiger partial charge in [0.15, 0.2) is 0 Å². The molecule has 3 N–H and O–H groups in total. The predicted molar refractivity (Wildman–Crippen MR) is 127 cm³/mol. The number of hydrogen-bond acceptors (Lipinski definition) is 3. The summed E-state index contributed by atoms with van der Waals surface area (Å²) < 4.78 is 0. The zero-order valence-corrected chi connectivity index (χ0v) is 20.9. The first kappa shape index (κ1) is 25.5. The van der Waals surface area contributed by atoms with E-state index in [1.54, 1.807) is 0 Å². The van der Waals surface area contributed by atoms with E-state index in [-0.39, 0.29) is 24.0 Å². The largest absolute Gasteiger partial charge is 0.480 e. The third kappa shape index (κ3) is 4.60. The van der Waals surface area contributed by atoms with Crippen LogP contribution in [-0.4, -0.2) is 34.7 Å². The molecule has 0 heterocycles. The number of aliphatic carboxylic acids is 1. The molecule has 4 rings (SSSR count). The average Bonchev–Trinajstić information content (AvgIpc) is 3.12. The molecule has 1 amide bonds. The minimum absolute atomic E-state index is 0.0173. The normalized spacial score (nSPS) is 42.5. The SMILES string of the molecule is CC.CC12CCCCC1CCC1C2C[C@H](O)C2(C)C(CCCC(=O)NCC(=O)O)CC[C@@H]12. The Kier molecular flexibility index (Phi) is 8.33. The van der Waals surface area contributed by atoms with Crippen molar-refractivity contribution in [3.05, 3.63) is 0 Å². The predicted octanol–water partition coefficient (Wildman–Crippen LogP) is 5.40. The number of aliphatic hydroxyl groups is 1. The fraction of sp³-hybridized carbons (Fsp3) is 0.926. The van der Waals surface area contributed by atoms with Gasteiger partial charge in [-0.05, 0) is 98.2 Å². The molecule has 0 aromatic heterocycles. The van der Waals surface area contributed by atoms with Crippen molar-refractivity contribution < 1.29 is 19.8 Å². The quantitative estimate of drug-likeness (QED) is 0.506. The summed E-state index contributed by atoms with van der Waals surface area (Å²) >= 11 is 0. The van der Waals surface area contributed by atoms with Gasteiger partial charge in [0.25, 0.3) is 0 Å². The van der Waals surface area contributed by atoms with Gasteiger partial charge in [-0.2, -0.15) is 0 Å². The topological polar surface area (TPSA) is 86.6 Å². The minimum Gasteiger partial charge on any atom is -0.480 e. The molecule has 4 fully saturated rings. The molecule has 8 atom stereocenters. The maximum Gasteiger partial charge on any atom is 0.322 e. The highest BCUT2D eigenvalue weighted by molar-refractivity contribution is 5.80. The number of carbonyl (C=O) groups is 2. The summed E-state index contributed by atoms with van der Waals surface area (Å²) in [5, 5.41) is 22.6. The molecular formula is C27H47NO4. The number of carboxylic acid groups (broad SMARTS) is 1. The first-order valence-corrected chi connectivity index (χ1v) is 13.4. The average molecular weight is 450 g/mol. The lowest BCUT2D eigenvalue weighted by Crippen LogP contribution is -2.57. The number of amides is 1. The molecule has 6 unspecified atom stereocenters. The first-order chi connectivity index (χ1) is 15.3. The van der Waals surface area contributed by atoms with Crippen LogP contribution in [0.2, 0.25) is 0 Å². The van der Waals surface area contributed by atoms with E-state index in [2.05, 4.69) is 19.2 Å². The molecule has 0 aromatic carbocycles. The summed E-state index contributed by atoms with van der Waals surface area (Å²) in [6, 6.07) is 0. The molecule has 5 nitrogen and oxygen atoms in total. The number of rotatable bonds is 6. The van der Waals surface area contributed by atoms with Crippen molar-refractivity contribution in [2.24, 2.45) is 40.4 Å². The second-order valence-corrected chi connectivity index (χ2v) is 11.4. The van der Waals surface area contributed by atoms with Gasteiger partial charge in [0, 0.05) is 6.42 Å². The number of aliphatic hydroxyl groups excluding tert-OH is 1. The van der Waals surface area contributed by atoms with Crippen LogP contribution in [0.15, 0.2) is 0 Å². The Bertz CT molecular complexity index is 666. The lowest BCUT2D eigenvalue weighted by molar-refractivity contribution is -0.164. The molecule has 4 saturated carbocycles. The molecule has 32 heavy (non-hydrogen) atoms. The van der Waals surface area contributed by atoms with Crippen molar-refractivity contribution >= 4 is 11.9 Å². The summed E-state index contributed by atoms with van der Waals surface area (Å²) in [5.74, 6) is 2.23. The van der Waals surface area contributed by atoms with E-state index in [1.165, 1.54) is 51.4 Å². The van der Waals surface area contributed by atoms with Crippen molar-refractivity contribution in [3.63, 3.8) is 0 Å². The Morgan fingerprint density at radius 3 is 2.47 bits per heavy atom. The van der Waals surface area contributed by atoms with E-state index in [9.17, 15) is 14.7 Å². The van der Waals surface area contributed by atoms with Crippen LogP contribution < -0.4 is 5.32 Å². The molecule has 184 valence electrons. The number of fused-ring (bicyclic) bond motifs is 5. The number of carbonyl (C=O) groups excluding carboxylic acids is 1. The van der Waals surface area contributed by atoms with Crippen LogP contribution >= 0.6 is 0 Å². The van der Waals surface area contributed by atoms with Crippen LogP contribution in [0, 0.1) is 40.4 Å². The first-order valence-electron chi connectivity index (χ1n) is 13.4. The van der Waals surface area contributed by atoms with Gasteiger partial charge >= 0.3 is 5.97 Å². The Balaban J connectivity index is 0.00000141. The van der Waals surface area contributed by atoms with Gasteiger partial charge in [-0.3, -0.25) is 9.59 Å². The molecule has 0 saturated heterocycles. The van der Waals surface area contributed by atoms with Gasteiger partial charge in [0.1, 0.15) is 6.54 Å². The van der Waals surface area contributed by atoms with E-state index in [4.69, 9.17) is 5.11 Å². The van der Waals surface area contributed by atoms with E-state index >= 15 is 0 Å². The second kappa shape index (κ2) is 10.4. The molecule has 5 heteroatoms. The maximum atomic E-state index is 11.9. The Hall–Kier alpha value is -1.10. The summed E-state index contributed by atoms with van der Waals surface area (Å²) in [6.45, 7) is 8.59. The van der Waals surface area contributed by atoms with Crippen LogP contribution in [0.5, 0.6) is 0 Å². The molecule has 0 aromatic rings. The lowest BCUT2D eigenvalue weighted by atomic mass is 9.44. The maximum absolute atomic E-state index is 11.9. The second-order valence-electron chi connectivity index (χ2n) is 11.4. The molecule has 0 radical (unpaired) electrons. The molecule has 0 aliphatic heterocycles. The standard InChI is InChI=1S/C25H41NO4.C2H6/c1-24-13-4-3-6-16(24)9-11-18-19-12-10-17(25(19,2)21(27)14-20(18)24)7-5-8-22(28)26-15-23(29)30;1-2/h16-21,27H,3-15H2,1-2H3,(H,26,28)(H,29,30);1-2H3/t16?,17?,18?,19-,20?,21-,24?,25?;/m0./s1. The lowest BCUT2D eigenvalue weighted by Gasteiger charge is -2.62. The Labute approximate surface area is 195 Å². The summed E-state index contributed by atoms with van der Waals surface area (Å²) in [6.07, 6.45) is 13.5. The van der Waals surface area contributed by atoms with Crippen molar-refractivity contribution in [2.45, 2.75) is 111 Å². The molecule has 4 aliphatic rings. The van der Waals surface area contributed by atoms with E-state index in [0.29, 0.717) is 29.6 Å². The van der Waals surface area contributed by atoms with Crippen LogP contribution in [0.1, 0.15) is 105 Å². The van der Waals surface area contributed by atoms with Gasteiger partial charge in [0.05, 0.1) is 6.10 Å².